The summed E-state index contributed by atoms with van der Waals surface area (Å²) < 4.78 is 15.2. The van der Waals surface area contributed by atoms with Crippen LogP contribution < -0.4 is 16.0 Å². The van der Waals surface area contributed by atoms with Gasteiger partial charge in [0.2, 0.25) is 11.8 Å². The number of phenols is 1. The average molecular weight is 888 g/mol. The van der Waals surface area contributed by atoms with Crippen LogP contribution in [0.4, 0.5) is 0 Å². The number of carbonyl (C=O) groups excluding carboxylic acids is 3. The molecule has 7 rings (SSSR count). The predicted molar refractivity (Wildman–Crippen MR) is 226 cm³/mol. The Morgan fingerprint density at radius 1 is 0.875 bits per heavy atom. The van der Waals surface area contributed by atoms with E-state index in [-0.39, 0.29) is 30.3 Å². The van der Waals surface area contributed by atoms with Crippen molar-refractivity contribution in [3.63, 3.8) is 0 Å². The molecule has 64 heavy (non-hydrogen) atoms. The molecule has 1 aliphatic heterocycles. The van der Waals surface area contributed by atoms with E-state index in [0.29, 0.717) is 42.5 Å². The van der Waals surface area contributed by atoms with Crippen LogP contribution in [0.15, 0.2) is 54.9 Å². The molecule has 20 nitrogen and oxygen atoms in total. The molecule has 2 saturated carbocycles. The van der Waals surface area contributed by atoms with Crippen LogP contribution in [0.3, 0.4) is 0 Å². The van der Waals surface area contributed by atoms with E-state index >= 15 is 0 Å². The molecule has 8 N–H and O–H groups in total. The first-order valence-corrected chi connectivity index (χ1v) is 21.9. The number of rotatable bonds is 16. The lowest BCUT2D eigenvalue weighted by atomic mass is 9.87. The summed E-state index contributed by atoms with van der Waals surface area (Å²) in [6.45, 7) is 2.17. The van der Waals surface area contributed by atoms with Gasteiger partial charge in [0, 0.05) is 36.2 Å². The summed E-state index contributed by atoms with van der Waals surface area (Å²) >= 11 is 0. The Hall–Kier alpha value is -5.80. The fourth-order valence-corrected chi connectivity index (χ4v) is 8.93. The Morgan fingerprint density at radius 3 is 2.22 bits per heavy atom. The van der Waals surface area contributed by atoms with Crippen molar-refractivity contribution in [2.75, 3.05) is 6.54 Å². The van der Waals surface area contributed by atoms with Crippen LogP contribution in [0.1, 0.15) is 97.3 Å². The summed E-state index contributed by atoms with van der Waals surface area (Å²) in [5.41, 5.74) is 3.23. The monoisotopic (exact) mass is 887 g/mol. The first-order chi connectivity index (χ1) is 30.7. The summed E-state index contributed by atoms with van der Waals surface area (Å²) in [5.74, 6) is -5.77. The topological polar surface area (TPSA) is 285 Å². The number of aliphatic hydroxyl groups excluding tert-OH is 3. The zero-order chi connectivity index (χ0) is 45.5. The minimum absolute atomic E-state index is 0.0251. The molecule has 0 bridgehead atoms. The number of benzene rings is 2. The minimum Gasteiger partial charge on any atom is -0.507 e. The fraction of sp³-hybridized carbons (Fsp3) is 0.545. The van der Waals surface area contributed by atoms with Crippen molar-refractivity contribution < 1.29 is 54.2 Å². The minimum atomic E-state index is -2.63. The number of aromatic nitrogens is 6. The van der Waals surface area contributed by atoms with Gasteiger partial charge in [0.15, 0.2) is 0 Å². The number of amides is 3. The molecule has 344 valence electrons. The Balaban J connectivity index is 1.07. The highest BCUT2D eigenvalue weighted by Crippen LogP contribution is 2.37. The highest BCUT2D eigenvalue weighted by atomic mass is 16.7. The lowest BCUT2D eigenvalue weighted by molar-refractivity contribution is -0.325. The number of carboxylic acids is 1. The van der Waals surface area contributed by atoms with Crippen molar-refractivity contribution in [3.05, 3.63) is 77.2 Å². The summed E-state index contributed by atoms with van der Waals surface area (Å²) in [4.78, 5) is 53.3. The molecule has 2 aromatic carbocycles. The maximum absolute atomic E-state index is 13.6. The molecule has 0 unspecified atom stereocenters. The number of aliphatic hydroxyl groups is 3. The lowest BCUT2D eigenvalue weighted by Crippen LogP contribution is -2.69. The molecule has 0 spiro atoms. The van der Waals surface area contributed by atoms with Crippen molar-refractivity contribution in [1.29, 1.82) is 0 Å². The molecule has 1 saturated heterocycles. The molecular formula is C44H57N9O11. The van der Waals surface area contributed by atoms with E-state index in [2.05, 4.69) is 36.6 Å². The highest BCUT2D eigenvalue weighted by molar-refractivity contribution is 5.95. The molecule has 3 heterocycles. The third-order valence-electron chi connectivity index (χ3n) is 12.4. The van der Waals surface area contributed by atoms with Crippen LogP contribution in [0.25, 0.3) is 11.3 Å². The van der Waals surface area contributed by atoms with Gasteiger partial charge in [-0.25, -0.2) is 14.2 Å². The Morgan fingerprint density at radius 2 is 1.52 bits per heavy atom. The number of carbonyl (C=O) groups is 4. The zero-order valence-electron chi connectivity index (χ0n) is 35.9. The van der Waals surface area contributed by atoms with Gasteiger partial charge in [-0.15, -0.1) is 10.2 Å². The Labute approximate surface area is 369 Å². The van der Waals surface area contributed by atoms with E-state index < -0.39 is 85.0 Å². The number of aryl methyl sites for hydroxylation is 2. The maximum atomic E-state index is 13.6. The molecule has 2 aliphatic carbocycles. The van der Waals surface area contributed by atoms with E-state index in [1.165, 1.54) is 21.5 Å². The zero-order valence-corrected chi connectivity index (χ0v) is 35.9. The number of ether oxygens (including phenoxy) is 2. The van der Waals surface area contributed by atoms with Crippen molar-refractivity contribution in [2.45, 2.75) is 145 Å². The normalized spacial score (nSPS) is 24.9. The van der Waals surface area contributed by atoms with E-state index in [4.69, 9.17) is 9.47 Å². The first-order valence-electron chi connectivity index (χ1n) is 21.9. The standard InChI is InChI=1S/C44H57N9O11/c1-25-17-29(18-26(2)39(25)58)42(60)45-20-34(55)40(59)41-38(47-37(57)24-53-22-32(49-51-53)28-13-7-4-8-14-28)33(54)19-44(64-41,43(61)62)63-35-16-10-9-15-30(35)46-36(56)23-52-21-31(48-50-52)27-11-5-3-6-12-27/h3,5-6,11-12,17-18,21-22,28,30,33-35,38,40-41,54-55,58-59H,4,7-10,13-16,19-20,23-24H2,1-2H3,(H,45,60)(H,46,56)(H,47,57)(H,61,62)/t30-,33+,34-,35-,38-,40-,41-,44-/m1/s1. The summed E-state index contributed by atoms with van der Waals surface area (Å²) in [6, 6.07) is 10.1. The third kappa shape index (κ3) is 10.9. The van der Waals surface area contributed by atoms with Crippen LogP contribution in [0.2, 0.25) is 0 Å². The quantitative estimate of drug-likeness (QED) is 0.0794. The molecule has 2 aromatic heterocycles. The van der Waals surface area contributed by atoms with Crippen LogP contribution in [-0.2, 0) is 36.9 Å². The van der Waals surface area contributed by atoms with Crippen LogP contribution in [0.5, 0.6) is 5.75 Å². The van der Waals surface area contributed by atoms with E-state index in [1.807, 2.05) is 30.3 Å². The van der Waals surface area contributed by atoms with E-state index in [9.17, 15) is 44.7 Å². The highest BCUT2D eigenvalue weighted by Gasteiger charge is 2.57. The predicted octanol–water partition coefficient (Wildman–Crippen LogP) is 1.62. The van der Waals surface area contributed by atoms with Gasteiger partial charge in [0.1, 0.15) is 36.7 Å². The lowest BCUT2D eigenvalue weighted by Gasteiger charge is -2.48. The molecule has 3 amide bonds. The number of hydrogen-bond donors (Lipinski definition) is 8. The average Bonchev–Trinajstić information content (AvgIpc) is 3.96. The van der Waals surface area contributed by atoms with Gasteiger partial charge in [-0.2, -0.15) is 0 Å². The molecule has 8 atom stereocenters. The molecule has 4 aromatic rings. The van der Waals surface area contributed by atoms with E-state index in [0.717, 1.165) is 43.4 Å². The number of nitrogens with one attached hydrogen (secondary N) is 3. The van der Waals surface area contributed by atoms with Gasteiger partial charge in [-0.1, -0.05) is 72.9 Å². The van der Waals surface area contributed by atoms with Gasteiger partial charge in [-0.3, -0.25) is 14.4 Å². The first kappa shape index (κ1) is 46.2. The van der Waals surface area contributed by atoms with Crippen LogP contribution in [-0.4, -0.2) is 134 Å². The molecular weight excluding hydrogens is 831 g/mol. The molecule has 20 heteroatoms. The number of hydrogen-bond acceptors (Lipinski definition) is 14. The number of phenolic OH excluding ortho intramolecular Hbond substituents is 1. The number of nitrogens with zero attached hydrogens (tertiary/aromatic N) is 6. The fourth-order valence-electron chi connectivity index (χ4n) is 8.93. The van der Waals surface area contributed by atoms with Gasteiger partial charge in [-0.05, 0) is 62.8 Å². The number of carboxylic acid groups (broad SMARTS) is 1. The second-order valence-electron chi connectivity index (χ2n) is 17.2. The number of aliphatic carboxylic acids is 1. The second kappa shape index (κ2) is 20.4. The Kier molecular flexibility index (Phi) is 14.7. The van der Waals surface area contributed by atoms with Crippen molar-refractivity contribution in [2.24, 2.45) is 0 Å². The Bertz CT molecular complexity index is 2240. The van der Waals surface area contributed by atoms with Gasteiger partial charge in [0.05, 0.1) is 42.3 Å². The molecule has 3 fully saturated rings. The van der Waals surface area contributed by atoms with Gasteiger partial charge < -0.3 is 51.0 Å². The van der Waals surface area contributed by atoms with Gasteiger partial charge in [0.25, 0.3) is 11.7 Å². The summed E-state index contributed by atoms with van der Waals surface area (Å²) in [6.07, 6.45) is 1.59. The van der Waals surface area contributed by atoms with Gasteiger partial charge >= 0.3 is 5.97 Å². The van der Waals surface area contributed by atoms with Crippen LogP contribution >= 0.6 is 0 Å². The summed E-state index contributed by atoms with van der Waals surface area (Å²) in [5, 5.41) is 80.5. The summed E-state index contributed by atoms with van der Waals surface area (Å²) in [7, 11) is 0. The van der Waals surface area contributed by atoms with E-state index in [1.54, 1.807) is 26.2 Å². The van der Waals surface area contributed by atoms with Crippen molar-refractivity contribution in [1.82, 2.24) is 45.9 Å². The SMILES string of the molecule is Cc1cc(C(=O)NC[C@@H](O)[C@@H](O)[C@@H]2O[C@@](O[C@@H]3CCCC[C@H]3NC(=O)Cn3cc(-c4ccccc4)nn3)(C(=O)O)C[C@H](O)[C@H]2NC(=O)Cn2cc(C3CCCCC3)nn2)cc(C)c1O. The number of aromatic hydroxyl groups is 1. The van der Waals surface area contributed by atoms with Crippen molar-refractivity contribution >= 4 is 23.7 Å². The molecule has 3 aliphatic rings. The van der Waals surface area contributed by atoms with Crippen molar-refractivity contribution in [3.8, 4) is 17.0 Å². The largest absolute Gasteiger partial charge is 0.507 e. The van der Waals surface area contributed by atoms with Crippen LogP contribution in [0, 0.1) is 13.8 Å². The smallest absolute Gasteiger partial charge is 0.364 e. The molecule has 0 radical (unpaired) electrons. The third-order valence-corrected chi connectivity index (χ3v) is 12.4. The maximum Gasteiger partial charge on any atom is 0.364 e. The second-order valence-corrected chi connectivity index (χ2v) is 17.2.